The molecule has 2 unspecified atom stereocenters. The van der Waals surface area contributed by atoms with E-state index in [9.17, 15) is 0 Å². The number of ether oxygens (including phenoxy) is 1. The molecule has 1 N–H and O–H groups in total. The average molecular weight is 296 g/mol. The predicted octanol–water partition coefficient (Wildman–Crippen LogP) is 2.77. The van der Waals surface area contributed by atoms with Gasteiger partial charge in [0.1, 0.15) is 0 Å². The van der Waals surface area contributed by atoms with Crippen LogP contribution in [-0.4, -0.2) is 49.8 Å². The highest BCUT2D eigenvalue weighted by atomic mass is 32.1. The van der Waals surface area contributed by atoms with E-state index < -0.39 is 0 Å². The van der Waals surface area contributed by atoms with Gasteiger partial charge in [-0.2, -0.15) is 0 Å². The van der Waals surface area contributed by atoms with Gasteiger partial charge in [0.2, 0.25) is 0 Å². The molecule has 1 aromatic heterocycles. The lowest BCUT2D eigenvalue weighted by Crippen LogP contribution is -2.34. The minimum absolute atomic E-state index is 0.410. The van der Waals surface area contributed by atoms with Crippen LogP contribution >= 0.6 is 11.3 Å². The number of hydrogen-bond donors (Lipinski definition) is 1. The summed E-state index contributed by atoms with van der Waals surface area (Å²) in [6.07, 6.45) is 4.38. The average Bonchev–Trinajstić information content (AvgIpc) is 3.05. The Morgan fingerprint density at radius 2 is 2.20 bits per heavy atom. The Labute approximate surface area is 127 Å². The second kappa shape index (κ2) is 8.13. The molecule has 1 aliphatic rings. The first-order chi connectivity index (χ1) is 9.63. The van der Waals surface area contributed by atoms with Gasteiger partial charge >= 0.3 is 0 Å². The van der Waals surface area contributed by atoms with Gasteiger partial charge in [-0.25, -0.2) is 0 Å². The van der Waals surface area contributed by atoms with Crippen molar-refractivity contribution in [1.29, 1.82) is 0 Å². The number of thiophene rings is 1. The highest BCUT2D eigenvalue weighted by Gasteiger charge is 2.25. The van der Waals surface area contributed by atoms with Crippen molar-refractivity contribution in [1.82, 2.24) is 10.2 Å². The van der Waals surface area contributed by atoms with E-state index in [1.54, 1.807) is 0 Å². The van der Waals surface area contributed by atoms with Gasteiger partial charge in [-0.15, -0.1) is 11.3 Å². The second-order valence-electron chi connectivity index (χ2n) is 6.11. The van der Waals surface area contributed by atoms with E-state index in [2.05, 4.69) is 48.6 Å². The molecule has 0 amide bonds. The van der Waals surface area contributed by atoms with Crippen molar-refractivity contribution in [3.63, 3.8) is 0 Å². The van der Waals surface area contributed by atoms with Gasteiger partial charge < -0.3 is 15.0 Å². The first-order valence-corrected chi connectivity index (χ1v) is 8.61. The van der Waals surface area contributed by atoms with E-state index in [0.717, 1.165) is 26.1 Å². The number of nitrogens with one attached hydrogen (secondary N) is 1. The molecule has 0 bridgehead atoms. The van der Waals surface area contributed by atoms with Crippen molar-refractivity contribution >= 4 is 11.3 Å². The van der Waals surface area contributed by atoms with Gasteiger partial charge in [0, 0.05) is 30.6 Å². The van der Waals surface area contributed by atoms with Crippen LogP contribution in [0.25, 0.3) is 0 Å². The lowest BCUT2D eigenvalue weighted by molar-refractivity contribution is 0.0273. The van der Waals surface area contributed by atoms with Crippen molar-refractivity contribution < 1.29 is 4.74 Å². The quantitative estimate of drug-likeness (QED) is 0.798. The van der Waals surface area contributed by atoms with Crippen LogP contribution in [0.4, 0.5) is 0 Å². The summed E-state index contributed by atoms with van der Waals surface area (Å²) in [5, 5.41) is 5.62. The van der Waals surface area contributed by atoms with Crippen LogP contribution in [-0.2, 0) is 11.2 Å². The zero-order valence-electron chi connectivity index (χ0n) is 13.0. The van der Waals surface area contributed by atoms with Crippen LogP contribution in [0, 0.1) is 0 Å². The van der Waals surface area contributed by atoms with Crippen LogP contribution < -0.4 is 5.32 Å². The van der Waals surface area contributed by atoms with Crippen molar-refractivity contribution in [2.75, 3.05) is 26.7 Å². The molecule has 2 rings (SSSR count). The molecule has 114 valence electrons. The zero-order chi connectivity index (χ0) is 14.4. The number of nitrogens with zero attached hydrogens (tertiary/aromatic N) is 1. The Morgan fingerprint density at radius 3 is 2.90 bits per heavy atom. The van der Waals surface area contributed by atoms with E-state index in [1.165, 1.54) is 17.7 Å². The summed E-state index contributed by atoms with van der Waals surface area (Å²) in [7, 11) is 2.21. The van der Waals surface area contributed by atoms with Crippen molar-refractivity contribution in [2.45, 2.75) is 51.4 Å². The van der Waals surface area contributed by atoms with E-state index in [4.69, 9.17) is 4.74 Å². The monoisotopic (exact) mass is 296 g/mol. The van der Waals surface area contributed by atoms with Gasteiger partial charge in [-0.05, 0) is 37.8 Å². The maximum atomic E-state index is 6.12. The highest BCUT2D eigenvalue weighted by molar-refractivity contribution is 7.09. The van der Waals surface area contributed by atoms with Gasteiger partial charge in [-0.1, -0.05) is 19.9 Å². The zero-order valence-corrected chi connectivity index (χ0v) is 13.8. The maximum Gasteiger partial charge on any atom is 0.0707 e. The van der Waals surface area contributed by atoms with Crippen LogP contribution in [0.15, 0.2) is 17.5 Å². The predicted molar refractivity (Wildman–Crippen MR) is 86.6 cm³/mol. The summed E-state index contributed by atoms with van der Waals surface area (Å²) in [6.45, 7) is 7.54. The van der Waals surface area contributed by atoms with Gasteiger partial charge in [-0.3, -0.25) is 0 Å². The molecule has 0 radical (unpaired) electrons. The molecule has 1 aromatic rings. The Hall–Kier alpha value is -0.420. The molecule has 1 saturated heterocycles. The first kappa shape index (κ1) is 16.0. The van der Waals surface area contributed by atoms with Crippen LogP contribution in [0.3, 0.4) is 0 Å². The summed E-state index contributed by atoms with van der Waals surface area (Å²) < 4.78 is 6.12. The molecule has 1 aliphatic heterocycles. The Kier molecular flexibility index (Phi) is 6.49. The fourth-order valence-corrected chi connectivity index (χ4v) is 3.32. The third kappa shape index (κ3) is 5.52. The van der Waals surface area contributed by atoms with E-state index in [-0.39, 0.29) is 0 Å². The van der Waals surface area contributed by atoms with Crippen LogP contribution in [0.2, 0.25) is 0 Å². The molecule has 0 spiro atoms. The normalized spacial score (nSPS) is 23.1. The number of likely N-dealkylation sites (N-methyl/N-ethyl adjacent to an activating group) is 1. The fourth-order valence-electron chi connectivity index (χ4n) is 2.63. The van der Waals surface area contributed by atoms with Crippen molar-refractivity contribution in [2.24, 2.45) is 0 Å². The molecule has 3 nitrogen and oxygen atoms in total. The molecule has 0 aliphatic carbocycles. The van der Waals surface area contributed by atoms with E-state index in [0.29, 0.717) is 18.2 Å². The minimum atomic E-state index is 0.410. The number of hydrogen-bond acceptors (Lipinski definition) is 4. The molecule has 0 saturated carbocycles. The van der Waals surface area contributed by atoms with E-state index in [1.807, 2.05) is 11.3 Å². The summed E-state index contributed by atoms with van der Waals surface area (Å²) in [5.74, 6) is 0. The van der Waals surface area contributed by atoms with Gasteiger partial charge in [0.05, 0.1) is 12.2 Å². The van der Waals surface area contributed by atoms with Gasteiger partial charge in [0.25, 0.3) is 0 Å². The van der Waals surface area contributed by atoms with Crippen molar-refractivity contribution in [3.8, 4) is 0 Å². The Balaban J connectivity index is 1.61. The van der Waals surface area contributed by atoms with Gasteiger partial charge in [0.15, 0.2) is 0 Å². The Morgan fingerprint density at radius 1 is 1.40 bits per heavy atom. The SMILES string of the molecule is CC(C)NCC1CCC(CN(C)CCc2cccs2)O1. The molecular weight excluding hydrogens is 268 g/mol. The molecule has 1 fully saturated rings. The van der Waals surface area contributed by atoms with Crippen LogP contribution in [0.1, 0.15) is 31.6 Å². The molecule has 20 heavy (non-hydrogen) atoms. The summed E-state index contributed by atoms with van der Waals surface area (Å²) in [5.41, 5.74) is 0. The fraction of sp³-hybridized carbons (Fsp3) is 0.750. The Bertz CT molecular complexity index is 367. The molecule has 2 heterocycles. The highest BCUT2D eigenvalue weighted by Crippen LogP contribution is 2.20. The smallest absolute Gasteiger partial charge is 0.0707 e. The molecule has 0 aromatic carbocycles. The summed E-state index contributed by atoms with van der Waals surface area (Å²) in [4.78, 5) is 3.88. The first-order valence-electron chi connectivity index (χ1n) is 7.73. The maximum absolute atomic E-state index is 6.12. The third-order valence-electron chi connectivity index (χ3n) is 3.78. The lowest BCUT2D eigenvalue weighted by Gasteiger charge is -2.21. The summed E-state index contributed by atoms with van der Waals surface area (Å²) >= 11 is 1.85. The number of rotatable bonds is 8. The minimum Gasteiger partial charge on any atom is -0.372 e. The topological polar surface area (TPSA) is 24.5 Å². The largest absolute Gasteiger partial charge is 0.372 e. The second-order valence-corrected chi connectivity index (χ2v) is 7.14. The standard InChI is InChI=1S/C16H28N2OS/c1-13(2)17-11-14-6-7-15(19-14)12-18(3)9-8-16-5-4-10-20-16/h4-5,10,13-15,17H,6-9,11-12H2,1-3H3. The molecule has 4 heteroatoms. The lowest BCUT2D eigenvalue weighted by atomic mass is 10.2. The van der Waals surface area contributed by atoms with Crippen LogP contribution in [0.5, 0.6) is 0 Å². The summed E-state index contributed by atoms with van der Waals surface area (Å²) in [6, 6.07) is 4.90. The van der Waals surface area contributed by atoms with Crippen molar-refractivity contribution in [3.05, 3.63) is 22.4 Å². The molecule has 2 atom stereocenters. The molecular formula is C16H28N2OS. The van der Waals surface area contributed by atoms with E-state index >= 15 is 0 Å². The third-order valence-corrected chi connectivity index (χ3v) is 4.72.